The first kappa shape index (κ1) is 57.9. The molecule has 15 nitrogen and oxygen atoms in total. The summed E-state index contributed by atoms with van der Waals surface area (Å²) in [5.74, 6) is 0.168. The van der Waals surface area contributed by atoms with Crippen LogP contribution in [0.3, 0.4) is 0 Å². The Morgan fingerprint density at radius 2 is 0.833 bits per heavy atom. The van der Waals surface area contributed by atoms with Crippen molar-refractivity contribution in [3.8, 4) is 0 Å². The number of aromatic nitrogens is 6. The number of rotatable bonds is 24. The molecule has 0 unspecified atom stereocenters. The van der Waals surface area contributed by atoms with E-state index in [0.717, 1.165) is 98.4 Å². The van der Waals surface area contributed by atoms with E-state index in [-0.39, 0.29) is 57.6 Å². The first-order valence-corrected chi connectivity index (χ1v) is 25.0. The molecule has 0 spiro atoms. The van der Waals surface area contributed by atoms with Gasteiger partial charge in [-0.3, -0.25) is 0 Å². The van der Waals surface area contributed by atoms with Gasteiger partial charge in [0.15, 0.2) is 11.6 Å². The fourth-order valence-corrected chi connectivity index (χ4v) is 8.31. The van der Waals surface area contributed by atoms with Crippen molar-refractivity contribution in [3.63, 3.8) is 0 Å². The van der Waals surface area contributed by atoms with Gasteiger partial charge in [0, 0.05) is 64.2 Å². The van der Waals surface area contributed by atoms with E-state index in [2.05, 4.69) is 80.5 Å². The standard InChI is InChI=1S/C18H24F2N4O.C18H25FN4O.C18H26N4O/c1-4-5-7-18(3,8-6-11(2)25)24-16-12-9-13(19)14(20)10-15(12)22-17(21)23-16;1-4-5-9-18(3,10-8-12(2)24)23-16-14-7-6-13(19)11-15(14)21-17(20)22-16;1-4-5-11-18(3,12-10-13(2)23)22-16-14-8-6-7-9-15(14)20-17(19)21-16/h9-10H,4-8H2,1-3H3,(H3,21,22,23,24);6-7,11H,4-5,8-10H2,1-3H3,(H3,20,21,22,23);6-9H,4-5,10-12H2,1-3H3,(H3,19,20,21,22)/t3*18-/m111/s1. The van der Waals surface area contributed by atoms with Crippen molar-refractivity contribution >= 4 is 85.4 Å². The maximum atomic E-state index is 13.7. The number of benzene rings is 3. The number of hydrogen-bond acceptors (Lipinski definition) is 15. The zero-order valence-corrected chi connectivity index (χ0v) is 43.6. The van der Waals surface area contributed by atoms with Crippen LogP contribution in [0.15, 0.2) is 54.6 Å². The second-order valence-corrected chi connectivity index (χ2v) is 19.7. The number of Topliss-reactive ketones (excluding diaryl/α,β-unsaturated/α-hetero) is 3. The molecular weight excluding hydrogens is 922 g/mol. The second kappa shape index (κ2) is 26.6. The van der Waals surface area contributed by atoms with Gasteiger partial charge in [0.25, 0.3) is 0 Å². The SMILES string of the molecule is CCCC[C@](C)(CCC(C)=O)Nc1nc(N)nc2cc(F)c(F)cc12.CCCC[C@](C)(CCC(C)=O)Nc1nc(N)nc2cc(F)ccc12.CCCC[C@](C)(CCC(C)=O)Nc1nc(N)nc2ccccc12. The Hall–Kier alpha value is -6.72. The minimum atomic E-state index is -0.984. The molecule has 390 valence electrons. The number of nitrogens with two attached hydrogens (primary N) is 3. The van der Waals surface area contributed by atoms with Crippen molar-refractivity contribution in [3.05, 3.63) is 72.0 Å². The Balaban J connectivity index is 0.000000235. The average Bonchev–Trinajstić information content (AvgIpc) is 3.31. The van der Waals surface area contributed by atoms with Crippen LogP contribution in [0.5, 0.6) is 0 Å². The second-order valence-electron chi connectivity index (χ2n) is 19.7. The van der Waals surface area contributed by atoms with Crippen molar-refractivity contribution in [1.82, 2.24) is 29.9 Å². The highest BCUT2D eigenvalue weighted by molar-refractivity contribution is 5.92. The van der Waals surface area contributed by atoms with E-state index in [1.807, 2.05) is 31.2 Å². The molecule has 3 atom stereocenters. The molecule has 0 fully saturated rings. The van der Waals surface area contributed by atoms with Gasteiger partial charge in [-0.2, -0.15) is 15.0 Å². The van der Waals surface area contributed by atoms with E-state index in [1.54, 1.807) is 26.8 Å². The maximum absolute atomic E-state index is 13.7. The summed E-state index contributed by atoms with van der Waals surface area (Å²) in [4.78, 5) is 59.4. The Labute approximate surface area is 422 Å². The number of para-hydroxylation sites is 1. The van der Waals surface area contributed by atoms with E-state index in [4.69, 9.17) is 17.2 Å². The van der Waals surface area contributed by atoms with Gasteiger partial charge < -0.3 is 47.5 Å². The number of nitrogen functional groups attached to an aromatic ring is 3. The summed E-state index contributed by atoms with van der Waals surface area (Å²) in [6, 6.07) is 14.3. The van der Waals surface area contributed by atoms with Crippen molar-refractivity contribution in [2.24, 2.45) is 0 Å². The summed E-state index contributed by atoms with van der Waals surface area (Å²) in [5.41, 5.74) is 18.0. The smallest absolute Gasteiger partial charge is 0.222 e. The third-order valence-corrected chi connectivity index (χ3v) is 12.6. The minimum Gasteiger partial charge on any atom is -0.368 e. The Bertz CT molecular complexity index is 2790. The van der Waals surface area contributed by atoms with E-state index >= 15 is 0 Å². The minimum absolute atomic E-state index is 0.0228. The van der Waals surface area contributed by atoms with Crippen LogP contribution < -0.4 is 33.2 Å². The largest absolute Gasteiger partial charge is 0.368 e. The summed E-state index contributed by atoms with van der Waals surface area (Å²) in [6.07, 6.45) is 12.6. The van der Waals surface area contributed by atoms with Crippen LogP contribution in [0.1, 0.15) is 159 Å². The topological polar surface area (TPSA) is 243 Å². The fourth-order valence-electron chi connectivity index (χ4n) is 8.31. The Morgan fingerprint density at radius 3 is 1.25 bits per heavy atom. The predicted molar refractivity (Wildman–Crippen MR) is 286 cm³/mol. The molecule has 0 aliphatic heterocycles. The summed E-state index contributed by atoms with van der Waals surface area (Å²) in [7, 11) is 0. The molecule has 0 radical (unpaired) electrons. The lowest BCUT2D eigenvalue weighted by atomic mass is 9.88. The van der Waals surface area contributed by atoms with Gasteiger partial charge in [0.1, 0.15) is 40.6 Å². The van der Waals surface area contributed by atoms with Crippen LogP contribution in [-0.4, -0.2) is 63.9 Å². The highest BCUT2D eigenvalue weighted by Crippen LogP contribution is 2.33. The lowest BCUT2D eigenvalue weighted by Gasteiger charge is -2.32. The summed E-state index contributed by atoms with van der Waals surface area (Å²) < 4.78 is 40.6. The van der Waals surface area contributed by atoms with E-state index < -0.39 is 17.2 Å². The molecule has 9 N–H and O–H groups in total. The summed E-state index contributed by atoms with van der Waals surface area (Å²) in [6.45, 7) is 17.4. The molecule has 0 bridgehead atoms. The highest BCUT2D eigenvalue weighted by atomic mass is 19.2. The number of fused-ring (bicyclic) bond motifs is 3. The molecule has 6 aromatic rings. The number of carbonyl (C=O) groups excluding carboxylic acids is 3. The quantitative estimate of drug-likeness (QED) is 0.0330. The Morgan fingerprint density at radius 1 is 0.472 bits per heavy atom. The van der Waals surface area contributed by atoms with Crippen LogP contribution in [-0.2, 0) is 14.4 Å². The van der Waals surface area contributed by atoms with E-state index in [0.29, 0.717) is 54.6 Å². The summed E-state index contributed by atoms with van der Waals surface area (Å²) in [5, 5.41) is 12.3. The number of unbranched alkanes of at least 4 members (excludes halogenated alkanes) is 3. The monoisotopic (exact) mass is 997 g/mol. The van der Waals surface area contributed by atoms with Crippen LogP contribution in [0.2, 0.25) is 0 Å². The molecule has 0 aliphatic carbocycles. The van der Waals surface area contributed by atoms with Crippen molar-refractivity contribution in [1.29, 1.82) is 0 Å². The van der Waals surface area contributed by atoms with Gasteiger partial charge in [0.05, 0.1) is 16.6 Å². The molecule has 3 aromatic heterocycles. The molecule has 6 rings (SSSR count). The third-order valence-electron chi connectivity index (χ3n) is 12.6. The Kier molecular flexibility index (Phi) is 21.4. The van der Waals surface area contributed by atoms with Crippen LogP contribution in [0, 0.1) is 17.5 Å². The van der Waals surface area contributed by atoms with Gasteiger partial charge in [-0.25, -0.2) is 28.1 Å². The fraction of sp³-hybridized carbons (Fsp3) is 0.500. The molecule has 0 aliphatic rings. The van der Waals surface area contributed by atoms with Crippen molar-refractivity contribution < 1.29 is 27.6 Å². The number of nitrogens with one attached hydrogen (secondary N) is 3. The first-order chi connectivity index (χ1) is 34.0. The van der Waals surface area contributed by atoms with Gasteiger partial charge in [-0.15, -0.1) is 0 Å². The molecule has 18 heteroatoms. The number of hydrogen-bond donors (Lipinski definition) is 6. The van der Waals surface area contributed by atoms with Gasteiger partial charge in [-0.1, -0.05) is 71.4 Å². The predicted octanol–water partition coefficient (Wildman–Crippen LogP) is 12.2. The normalized spacial score (nSPS) is 13.7. The van der Waals surface area contributed by atoms with Crippen LogP contribution >= 0.6 is 0 Å². The lowest BCUT2D eigenvalue weighted by Crippen LogP contribution is -2.36. The lowest BCUT2D eigenvalue weighted by molar-refractivity contribution is -0.118. The number of halogens is 3. The van der Waals surface area contributed by atoms with Gasteiger partial charge in [-0.05, 0) is 110 Å². The van der Waals surface area contributed by atoms with Gasteiger partial charge >= 0.3 is 0 Å². The number of ketones is 3. The van der Waals surface area contributed by atoms with Crippen LogP contribution in [0.25, 0.3) is 32.7 Å². The zero-order valence-electron chi connectivity index (χ0n) is 43.6. The highest BCUT2D eigenvalue weighted by Gasteiger charge is 2.28. The average molecular weight is 997 g/mol. The number of nitrogens with zero attached hydrogens (tertiary/aromatic N) is 6. The van der Waals surface area contributed by atoms with Crippen molar-refractivity contribution in [2.75, 3.05) is 33.2 Å². The van der Waals surface area contributed by atoms with E-state index in [9.17, 15) is 27.6 Å². The molecule has 72 heavy (non-hydrogen) atoms. The molecule has 3 aromatic carbocycles. The molecule has 0 amide bonds. The molecule has 0 saturated heterocycles. The van der Waals surface area contributed by atoms with Crippen LogP contribution in [0.4, 0.5) is 48.5 Å². The number of anilines is 6. The van der Waals surface area contributed by atoms with Crippen molar-refractivity contribution in [2.45, 2.75) is 175 Å². The zero-order chi connectivity index (χ0) is 53.2. The molecule has 3 heterocycles. The first-order valence-electron chi connectivity index (χ1n) is 25.0. The third kappa shape index (κ3) is 17.8. The molecule has 0 saturated carbocycles. The number of carbonyl (C=O) groups is 3. The van der Waals surface area contributed by atoms with E-state index in [1.165, 1.54) is 12.1 Å². The summed E-state index contributed by atoms with van der Waals surface area (Å²) >= 11 is 0. The van der Waals surface area contributed by atoms with Gasteiger partial charge in [0.2, 0.25) is 17.8 Å². The molecular formula is C54H75F3N12O3. The maximum Gasteiger partial charge on any atom is 0.222 e.